The maximum Gasteiger partial charge on any atom is 0.499 e. The molecule has 0 aliphatic heterocycles. The second-order valence-electron chi connectivity index (χ2n) is 3.10. The molecular weight excluding hydrogens is 223 g/mol. The first kappa shape index (κ1) is 10.8. The number of thiophene rings is 1. The van der Waals surface area contributed by atoms with E-state index in [-0.39, 0.29) is 0 Å². The van der Waals surface area contributed by atoms with Crippen LogP contribution in [-0.2, 0) is 0 Å². The summed E-state index contributed by atoms with van der Waals surface area (Å²) >= 11 is 1.24. The number of hydrogen-bond acceptors (Lipinski definition) is 5. The fraction of sp³-hybridized carbons (Fsp3) is 0. The van der Waals surface area contributed by atoms with Gasteiger partial charge in [-0.05, 0) is 18.2 Å². The lowest BCUT2D eigenvalue weighted by Crippen LogP contribution is -2.26. The quantitative estimate of drug-likeness (QED) is 0.730. The van der Waals surface area contributed by atoms with E-state index in [2.05, 4.69) is 4.98 Å². The Morgan fingerprint density at radius 3 is 2.69 bits per heavy atom. The molecule has 0 saturated carbocycles. The molecule has 6 heteroatoms. The van der Waals surface area contributed by atoms with Crippen LogP contribution in [0.4, 0.5) is 0 Å². The van der Waals surface area contributed by atoms with Crippen molar-refractivity contribution in [2.24, 2.45) is 0 Å². The second-order valence-corrected chi connectivity index (χ2v) is 4.21. The number of pyridine rings is 1. The first-order chi connectivity index (χ1) is 7.70. The zero-order chi connectivity index (χ0) is 11.5. The molecule has 0 spiro atoms. The van der Waals surface area contributed by atoms with Gasteiger partial charge in [-0.25, -0.2) is 4.98 Å². The zero-order valence-corrected chi connectivity index (χ0v) is 8.98. The van der Waals surface area contributed by atoms with E-state index >= 15 is 0 Å². The molecule has 0 saturated heterocycles. The van der Waals surface area contributed by atoms with Crippen LogP contribution in [-0.4, -0.2) is 22.2 Å². The van der Waals surface area contributed by atoms with Crippen LogP contribution in [0.5, 0.6) is 0 Å². The second kappa shape index (κ2) is 4.45. The Morgan fingerprint density at radius 2 is 2.06 bits per heavy atom. The van der Waals surface area contributed by atoms with Crippen molar-refractivity contribution in [2.45, 2.75) is 0 Å². The lowest BCUT2D eigenvalue weighted by atomic mass is 9.90. The summed E-state index contributed by atoms with van der Waals surface area (Å²) in [6.07, 6.45) is 0. The summed E-state index contributed by atoms with van der Waals surface area (Å²) in [7, 11) is -1.46. The third-order valence-electron chi connectivity index (χ3n) is 2.00. The van der Waals surface area contributed by atoms with Crippen molar-refractivity contribution >= 4 is 23.2 Å². The standard InChI is InChI=1S/C10H7BN2O2S/c12-6-7-2-1-3-8(13-7)9-4-5-10(16-9)11(14)15/h1-5,14-15H. The van der Waals surface area contributed by atoms with Crippen molar-refractivity contribution < 1.29 is 10.0 Å². The average molecular weight is 230 g/mol. The van der Waals surface area contributed by atoms with Crippen LogP contribution in [0.15, 0.2) is 30.3 Å². The Bertz CT molecular complexity index is 548. The summed E-state index contributed by atoms with van der Waals surface area (Å²) in [6.45, 7) is 0. The topological polar surface area (TPSA) is 77.1 Å². The van der Waals surface area contributed by atoms with Crippen LogP contribution >= 0.6 is 11.3 Å². The normalized spacial score (nSPS) is 9.81. The monoisotopic (exact) mass is 230 g/mol. The maximum absolute atomic E-state index is 8.98. The molecule has 0 aliphatic carbocycles. The van der Waals surface area contributed by atoms with Crippen molar-refractivity contribution in [1.29, 1.82) is 5.26 Å². The largest absolute Gasteiger partial charge is 0.499 e. The third kappa shape index (κ3) is 2.12. The molecule has 4 nitrogen and oxygen atoms in total. The van der Waals surface area contributed by atoms with E-state index < -0.39 is 7.12 Å². The van der Waals surface area contributed by atoms with Gasteiger partial charge in [0.25, 0.3) is 0 Å². The molecule has 16 heavy (non-hydrogen) atoms. The third-order valence-corrected chi connectivity index (χ3v) is 3.15. The van der Waals surface area contributed by atoms with E-state index in [4.69, 9.17) is 15.3 Å². The molecule has 0 atom stereocenters. The smallest absolute Gasteiger partial charge is 0.423 e. The zero-order valence-electron chi connectivity index (χ0n) is 8.16. The first-order valence-corrected chi connectivity index (χ1v) is 5.36. The van der Waals surface area contributed by atoms with Crippen molar-refractivity contribution in [1.82, 2.24) is 4.98 Å². The fourth-order valence-electron chi connectivity index (χ4n) is 1.26. The molecule has 78 valence electrons. The highest BCUT2D eigenvalue weighted by Crippen LogP contribution is 2.21. The summed E-state index contributed by atoms with van der Waals surface area (Å²) in [4.78, 5) is 4.93. The highest BCUT2D eigenvalue weighted by atomic mass is 32.1. The Kier molecular flexibility index (Phi) is 3.01. The van der Waals surface area contributed by atoms with Crippen LogP contribution in [0.1, 0.15) is 5.69 Å². The summed E-state index contributed by atoms with van der Waals surface area (Å²) in [5, 5.41) is 26.7. The molecule has 0 bridgehead atoms. The van der Waals surface area contributed by atoms with E-state index in [0.717, 1.165) is 4.88 Å². The molecule has 0 amide bonds. The fourth-order valence-corrected chi connectivity index (χ4v) is 2.11. The Hall–Kier alpha value is -1.68. The minimum Gasteiger partial charge on any atom is -0.423 e. The molecule has 0 aromatic carbocycles. The molecule has 0 fully saturated rings. The summed E-state index contributed by atoms with van der Waals surface area (Å²) in [6, 6.07) is 10.5. The Balaban J connectivity index is 2.39. The number of nitriles is 1. The number of nitrogens with zero attached hydrogens (tertiary/aromatic N) is 2. The van der Waals surface area contributed by atoms with Gasteiger partial charge in [0.05, 0.1) is 10.6 Å². The van der Waals surface area contributed by atoms with Gasteiger partial charge >= 0.3 is 7.12 Å². The van der Waals surface area contributed by atoms with E-state index in [9.17, 15) is 0 Å². The van der Waals surface area contributed by atoms with Crippen molar-refractivity contribution in [3.63, 3.8) is 0 Å². The molecule has 2 rings (SSSR count). The van der Waals surface area contributed by atoms with Crippen LogP contribution in [0.2, 0.25) is 0 Å². The predicted octanol–water partition coefficient (Wildman–Crippen LogP) is 0.362. The van der Waals surface area contributed by atoms with Crippen LogP contribution in [0.25, 0.3) is 10.6 Å². The lowest BCUT2D eigenvalue weighted by molar-refractivity contribution is 0.427. The molecule has 0 aliphatic rings. The van der Waals surface area contributed by atoms with Crippen molar-refractivity contribution in [3.8, 4) is 16.6 Å². The highest BCUT2D eigenvalue weighted by molar-refractivity contribution is 7.24. The molecule has 2 aromatic heterocycles. The number of hydrogen-bond donors (Lipinski definition) is 2. The van der Waals surface area contributed by atoms with Gasteiger partial charge in [-0.3, -0.25) is 0 Å². The minimum atomic E-state index is -1.46. The summed E-state index contributed by atoms with van der Waals surface area (Å²) in [5.74, 6) is 0. The molecule has 0 unspecified atom stereocenters. The van der Waals surface area contributed by atoms with E-state index in [1.165, 1.54) is 11.3 Å². The van der Waals surface area contributed by atoms with Crippen LogP contribution in [0, 0.1) is 11.3 Å². The molecule has 0 radical (unpaired) electrons. The lowest BCUT2D eigenvalue weighted by Gasteiger charge is -1.96. The van der Waals surface area contributed by atoms with Gasteiger partial charge < -0.3 is 10.0 Å². The highest BCUT2D eigenvalue weighted by Gasteiger charge is 2.14. The minimum absolute atomic E-state index is 0.344. The van der Waals surface area contributed by atoms with Gasteiger partial charge in [-0.2, -0.15) is 5.26 Å². The predicted molar refractivity (Wildman–Crippen MR) is 62.1 cm³/mol. The SMILES string of the molecule is N#Cc1cccc(-c2ccc(B(O)O)s2)n1. The van der Waals surface area contributed by atoms with E-state index in [0.29, 0.717) is 16.2 Å². The number of aromatic nitrogens is 1. The summed E-state index contributed by atoms with van der Waals surface area (Å²) in [5.41, 5.74) is 1.01. The van der Waals surface area contributed by atoms with Gasteiger partial charge in [0.2, 0.25) is 0 Å². The van der Waals surface area contributed by atoms with Crippen LogP contribution < -0.4 is 4.78 Å². The summed E-state index contributed by atoms with van der Waals surface area (Å²) < 4.78 is 0.458. The van der Waals surface area contributed by atoms with Gasteiger partial charge in [0.15, 0.2) is 0 Å². The van der Waals surface area contributed by atoms with Gasteiger partial charge in [-0.15, -0.1) is 11.3 Å². The van der Waals surface area contributed by atoms with Crippen molar-refractivity contribution in [2.75, 3.05) is 0 Å². The van der Waals surface area contributed by atoms with Gasteiger partial charge in [-0.1, -0.05) is 12.1 Å². The Labute approximate surface area is 96.6 Å². The number of rotatable bonds is 2. The molecular formula is C10H7BN2O2S. The van der Waals surface area contributed by atoms with Crippen LogP contribution in [0.3, 0.4) is 0 Å². The average Bonchev–Trinajstić information content (AvgIpc) is 2.78. The molecule has 2 N–H and O–H groups in total. The Morgan fingerprint density at radius 1 is 1.25 bits per heavy atom. The maximum atomic E-state index is 8.98. The van der Waals surface area contributed by atoms with Gasteiger partial charge in [0.1, 0.15) is 11.8 Å². The van der Waals surface area contributed by atoms with Crippen molar-refractivity contribution in [3.05, 3.63) is 36.0 Å². The molecule has 2 aromatic rings. The van der Waals surface area contributed by atoms with E-state index in [1.54, 1.807) is 30.3 Å². The first-order valence-electron chi connectivity index (χ1n) is 4.54. The van der Waals surface area contributed by atoms with E-state index in [1.807, 2.05) is 6.07 Å². The molecule has 2 heterocycles. The van der Waals surface area contributed by atoms with Gasteiger partial charge in [0, 0.05) is 4.78 Å².